The van der Waals surface area contributed by atoms with Crippen molar-refractivity contribution in [3.63, 3.8) is 0 Å². The largest absolute Gasteiger partial charge is 0.489 e. The lowest BCUT2D eigenvalue weighted by Crippen LogP contribution is -2.21. The first-order chi connectivity index (χ1) is 15.8. The maximum absolute atomic E-state index is 6.11. The molecule has 0 unspecified atom stereocenters. The van der Waals surface area contributed by atoms with Crippen LogP contribution < -0.4 is 4.74 Å². The molecule has 0 N–H and O–H groups in total. The lowest BCUT2D eigenvalue weighted by Gasteiger charge is -2.23. The third kappa shape index (κ3) is 4.47. The molecule has 5 rings (SSSR count). The molecule has 0 amide bonds. The molecule has 166 valence electrons. The minimum Gasteiger partial charge on any atom is -0.489 e. The Morgan fingerprint density at radius 2 is 1.88 bits per heavy atom. The van der Waals surface area contributed by atoms with E-state index in [1.165, 1.54) is 0 Å². The average Bonchev–Trinajstić information content (AvgIpc) is 3.20. The van der Waals surface area contributed by atoms with Crippen LogP contribution in [-0.4, -0.2) is 34.4 Å². The highest BCUT2D eigenvalue weighted by molar-refractivity contribution is 6.02. The average molecular weight is 432 g/mol. The van der Waals surface area contributed by atoms with Gasteiger partial charge in [-0.2, -0.15) is 0 Å². The van der Waals surface area contributed by atoms with Crippen LogP contribution in [0.1, 0.15) is 31.2 Å². The zero-order chi connectivity index (χ0) is 21.8. The van der Waals surface area contributed by atoms with Gasteiger partial charge in [0.1, 0.15) is 30.3 Å². The van der Waals surface area contributed by atoms with Gasteiger partial charge in [-0.3, -0.25) is 4.98 Å². The van der Waals surface area contributed by atoms with Crippen LogP contribution in [0.15, 0.2) is 54.7 Å². The molecule has 2 aromatic heterocycles. The molecule has 1 saturated heterocycles. The Balaban J connectivity index is 1.53. The lowest BCUT2D eigenvalue weighted by atomic mass is 10.00. The summed E-state index contributed by atoms with van der Waals surface area (Å²) in [5.41, 5.74) is 4.11. The number of pyridine rings is 1. The quantitative estimate of drug-likeness (QED) is 0.387. The second-order valence-electron chi connectivity index (χ2n) is 8.28. The number of imidazole rings is 1. The summed E-state index contributed by atoms with van der Waals surface area (Å²) in [5, 5.41) is 1.07. The Labute approximate surface area is 188 Å². The molecule has 0 spiro atoms. The summed E-state index contributed by atoms with van der Waals surface area (Å²) in [6, 6.07) is 16.3. The molecule has 0 atom stereocenters. The third-order valence-electron chi connectivity index (χ3n) is 6.09. The van der Waals surface area contributed by atoms with E-state index in [4.69, 9.17) is 19.2 Å². The summed E-state index contributed by atoms with van der Waals surface area (Å²) in [6.07, 6.45) is 4.02. The molecule has 1 fully saturated rings. The van der Waals surface area contributed by atoms with Crippen molar-refractivity contribution in [3.8, 4) is 5.75 Å². The van der Waals surface area contributed by atoms with Gasteiger partial charge in [0.05, 0.1) is 17.2 Å². The molecule has 0 radical (unpaired) electrons. The normalized spacial score (nSPS) is 14.9. The fourth-order valence-corrected chi connectivity index (χ4v) is 4.36. The Morgan fingerprint density at radius 1 is 1.03 bits per heavy atom. The highest BCUT2D eigenvalue weighted by Crippen LogP contribution is 2.30. The molecule has 0 saturated carbocycles. The van der Waals surface area contributed by atoms with E-state index >= 15 is 0 Å². The zero-order valence-electron chi connectivity index (χ0n) is 18.5. The van der Waals surface area contributed by atoms with Crippen LogP contribution >= 0.6 is 0 Å². The molecular formula is C26H29N3O3. The summed E-state index contributed by atoms with van der Waals surface area (Å²) in [4.78, 5) is 9.55. The van der Waals surface area contributed by atoms with Gasteiger partial charge in [0, 0.05) is 31.8 Å². The van der Waals surface area contributed by atoms with Gasteiger partial charge >= 0.3 is 0 Å². The first-order valence-corrected chi connectivity index (χ1v) is 11.4. The predicted octanol–water partition coefficient (Wildman–Crippen LogP) is 5.13. The molecule has 4 aromatic rings. The standard InChI is InChI=1S/C26H29N3O3/c1-2-30-18-25-28-24-15-27-23-9-8-21(32-17-20-6-4-3-5-7-20)14-22(23)26(24)29(25)16-19-10-12-31-13-11-19/h3-9,14-15,19H,2,10-13,16-18H2,1H3. The monoisotopic (exact) mass is 431 g/mol. The Kier molecular flexibility index (Phi) is 6.32. The van der Waals surface area contributed by atoms with Crippen molar-refractivity contribution in [2.75, 3.05) is 19.8 Å². The van der Waals surface area contributed by atoms with Gasteiger partial charge in [-0.1, -0.05) is 30.3 Å². The number of fused-ring (bicyclic) bond motifs is 3. The van der Waals surface area contributed by atoms with Crippen molar-refractivity contribution >= 4 is 21.9 Å². The zero-order valence-corrected chi connectivity index (χ0v) is 18.5. The first kappa shape index (κ1) is 20.9. The van der Waals surface area contributed by atoms with Crippen molar-refractivity contribution < 1.29 is 14.2 Å². The van der Waals surface area contributed by atoms with Crippen LogP contribution in [0.3, 0.4) is 0 Å². The maximum Gasteiger partial charge on any atom is 0.136 e. The van der Waals surface area contributed by atoms with Gasteiger partial charge < -0.3 is 18.8 Å². The SMILES string of the molecule is CCOCc1nc2cnc3ccc(OCc4ccccc4)cc3c2n1CC1CCOCC1. The van der Waals surface area contributed by atoms with Crippen molar-refractivity contribution in [1.82, 2.24) is 14.5 Å². The van der Waals surface area contributed by atoms with Gasteiger partial charge in [-0.15, -0.1) is 0 Å². The highest BCUT2D eigenvalue weighted by Gasteiger charge is 2.20. The molecule has 6 nitrogen and oxygen atoms in total. The maximum atomic E-state index is 6.11. The van der Waals surface area contributed by atoms with Gasteiger partial charge in [0.2, 0.25) is 0 Å². The molecule has 2 aromatic carbocycles. The van der Waals surface area contributed by atoms with Crippen molar-refractivity contribution in [2.24, 2.45) is 5.92 Å². The lowest BCUT2D eigenvalue weighted by molar-refractivity contribution is 0.0603. The Hall–Kier alpha value is -2.96. The molecule has 3 heterocycles. The van der Waals surface area contributed by atoms with Gasteiger partial charge in [0.15, 0.2) is 0 Å². The van der Waals surface area contributed by atoms with E-state index in [0.29, 0.717) is 25.7 Å². The van der Waals surface area contributed by atoms with E-state index in [9.17, 15) is 0 Å². The fourth-order valence-electron chi connectivity index (χ4n) is 4.36. The first-order valence-electron chi connectivity index (χ1n) is 11.4. The minimum atomic E-state index is 0.500. The number of ether oxygens (including phenoxy) is 3. The summed E-state index contributed by atoms with van der Waals surface area (Å²) < 4.78 is 19.8. The number of hydrogen-bond donors (Lipinski definition) is 0. The second-order valence-corrected chi connectivity index (χ2v) is 8.28. The van der Waals surface area contributed by atoms with E-state index in [0.717, 1.165) is 71.7 Å². The smallest absolute Gasteiger partial charge is 0.136 e. The Bertz CT molecular complexity index is 1180. The van der Waals surface area contributed by atoms with E-state index in [2.05, 4.69) is 27.8 Å². The fraction of sp³-hybridized carbons (Fsp3) is 0.385. The van der Waals surface area contributed by atoms with Crippen LogP contribution in [0.5, 0.6) is 5.75 Å². The van der Waals surface area contributed by atoms with Crippen LogP contribution in [0.25, 0.3) is 21.9 Å². The highest BCUT2D eigenvalue weighted by atomic mass is 16.5. The van der Waals surface area contributed by atoms with E-state index < -0.39 is 0 Å². The predicted molar refractivity (Wildman–Crippen MR) is 125 cm³/mol. The van der Waals surface area contributed by atoms with Gasteiger partial charge in [0.25, 0.3) is 0 Å². The number of rotatable bonds is 8. The number of nitrogens with zero attached hydrogens (tertiary/aromatic N) is 3. The number of aromatic nitrogens is 3. The van der Waals surface area contributed by atoms with Crippen molar-refractivity contribution in [1.29, 1.82) is 0 Å². The summed E-state index contributed by atoms with van der Waals surface area (Å²) in [6.45, 7) is 6.29. The van der Waals surface area contributed by atoms with Crippen LogP contribution in [-0.2, 0) is 29.2 Å². The minimum absolute atomic E-state index is 0.500. The molecule has 0 bridgehead atoms. The van der Waals surface area contributed by atoms with Crippen LogP contribution in [0.4, 0.5) is 0 Å². The van der Waals surface area contributed by atoms with E-state index in [1.807, 2.05) is 43.5 Å². The summed E-state index contributed by atoms with van der Waals surface area (Å²) in [5.74, 6) is 2.36. The second kappa shape index (κ2) is 9.67. The molecule has 32 heavy (non-hydrogen) atoms. The summed E-state index contributed by atoms with van der Waals surface area (Å²) >= 11 is 0. The van der Waals surface area contributed by atoms with Crippen molar-refractivity contribution in [3.05, 3.63) is 66.1 Å². The number of hydrogen-bond acceptors (Lipinski definition) is 5. The molecular weight excluding hydrogens is 402 g/mol. The topological polar surface area (TPSA) is 58.4 Å². The molecule has 1 aliphatic rings. The molecule has 0 aliphatic carbocycles. The Morgan fingerprint density at radius 3 is 2.69 bits per heavy atom. The molecule has 6 heteroatoms. The van der Waals surface area contributed by atoms with E-state index in [1.54, 1.807) is 0 Å². The number of benzene rings is 2. The van der Waals surface area contributed by atoms with Crippen molar-refractivity contribution in [2.45, 2.75) is 39.5 Å². The third-order valence-corrected chi connectivity index (χ3v) is 6.09. The van der Waals surface area contributed by atoms with Crippen LogP contribution in [0, 0.1) is 5.92 Å². The van der Waals surface area contributed by atoms with Gasteiger partial charge in [-0.05, 0) is 49.4 Å². The van der Waals surface area contributed by atoms with Crippen LogP contribution in [0.2, 0.25) is 0 Å². The van der Waals surface area contributed by atoms with E-state index in [-0.39, 0.29) is 0 Å². The summed E-state index contributed by atoms with van der Waals surface area (Å²) in [7, 11) is 0. The molecule has 1 aliphatic heterocycles. The van der Waals surface area contributed by atoms with Gasteiger partial charge in [-0.25, -0.2) is 4.98 Å².